The lowest BCUT2D eigenvalue weighted by Crippen LogP contribution is -2.14. The minimum Gasteiger partial charge on any atom is -0.497 e. The van der Waals surface area contributed by atoms with Crippen LogP contribution in [0.1, 0.15) is 18.4 Å². The standard InChI is InChI=1S/C17H16O3S/c1-20-14-9-7-13(8-10-14)16-11-12-17(16)21(18,19)15-5-3-2-4-6-15/h2-10H,11-12H2,1H3. The Balaban J connectivity index is 2.02. The number of benzene rings is 2. The molecule has 4 heteroatoms. The van der Waals surface area contributed by atoms with E-state index >= 15 is 0 Å². The van der Waals surface area contributed by atoms with Gasteiger partial charge in [-0.25, -0.2) is 8.42 Å². The zero-order chi connectivity index (χ0) is 14.9. The normalized spacial score (nSPS) is 14.7. The summed E-state index contributed by atoms with van der Waals surface area (Å²) < 4.78 is 30.4. The third-order valence-electron chi connectivity index (χ3n) is 3.76. The summed E-state index contributed by atoms with van der Waals surface area (Å²) in [4.78, 5) is 0.907. The Morgan fingerprint density at radius 1 is 0.905 bits per heavy atom. The summed E-state index contributed by atoms with van der Waals surface area (Å²) in [7, 11) is -1.75. The lowest BCUT2D eigenvalue weighted by atomic mass is 9.91. The van der Waals surface area contributed by atoms with E-state index in [0.717, 1.165) is 23.3 Å². The van der Waals surface area contributed by atoms with Crippen LogP contribution >= 0.6 is 0 Å². The fraction of sp³-hybridized carbons (Fsp3) is 0.176. The Morgan fingerprint density at radius 3 is 2.10 bits per heavy atom. The zero-order valence-corrected chi connectivity index (χ0v) is 12.6. The van der Waals surface area contributed by atoms with Crippen molar-refractivity contribution in [2.45, 2.75) is 17.7 Å². The second kappa shape index (κ2) is 5.37. The van der Waals surface area contributed by atoms with Gasteiger partial charge in [0.25, 0.3) is 0 Å². The van der Waals surface area contributed by atoms with Gasteiger partial charge in [0, 0.05) is 0 Å². The first kappa shape index (κ1) is 13.9. The molecule has 0 spiro atoms. The van der Waals surface area contributed by atoms with Crippen molar-refractivity contribution in [1.29, 1.82) is 0 Å². The molecule has 3 nitrogen and oxygen atoms in total. The molecular weight excluding hydrogens is 284 g/mol. The van der Waals surface area contributed by atoms with E-state index in [1.165, 1.54) is 0 Å². The van der Waals surface area contributed by atoms with Crippen molar-refractivity contribution >= 4 is 15.4 Å². The predicted octanol–water partition coefficient (Wildman–Crippen LogP) is 3.67. The number of rotatable bonds is 4. The average molecular weight is 300 g/mol. The maximum absolute atomic E-state index is 12.6. The van der Waals surface area contributed by atoms with Crippen molar-refractivity contribution in [3.63, 3.8) is 0 Å². The van der Waals surface area contributed by atoms with Gasteiger partial charge < -0.3 is 4.74 Å². The van der Waals surface area contributed by atoms with Crippen LogP contribution in [0.2, 0.25) is 0 Å². The van der Waals surface area contributed by atoms with Crippen LogP contribution in [-0.4, -0.2) is 15.5 Å². The Morgan fingerprint density at radius 2 is 1.57 bits per heavy atom. The molecule has 3 rings (SSSR count). The van der Waals surface area contributed by atoms with E-state index in [1.807, 2.05) is 30.3 Å². The summed E-state index contributed by atoms with van der Waals surface area (Å²) in [5.41, 5.74) is 1.87. The second-order valence-corrected chi connectivity index (χ2v) is 6.92. The predicted molar refractivity (Wildman–Crippen MR) is 82.8 cm³/mol. The molecular formula is C17H16O3S. The van der Waals surface area contributed by atoms with Crippen molar-refractivity contribution < 1.29 is 13.2 Å². The van der Waals surface area contributed by atoms with E-state index in [-0.39, 0.29) is 0 Å². The topological polar surface area (TPSA) is 43.4 Å². The van der Waals surface area contributed by atoms with Crippen LogP contribution < -0.4 is 4.74 Å². The zero-order valence-electron chi connectivity index (χ0n) is 11.7. The molecule has 21 heavy (non-hydrogen) atoms. The first-order valence-corrected chi connectivity index (χ1v) is 8.28. The fourth-order valence-corrected chi connectivity index (χ4v) is 4.20. The lowest BCUT2D eigenvalue weighted by Gasteiger charge is -2.24. The van der Waals surface area contributed by atoms with Gasteiger partial charge in [-0.3, -0.25) is 0 Å². The fourth-order valence-electron chi connectivity index (χ4n) is 2.49. The summed E-state index contributed by atoms with van der Waals surface area (Å²) in [6.45, 7) is 0. The Hall–Kier alpha value is -2.07. The second-order valence-electron chi connectivity index (χ2n) is 4.95. The maximum atomic E-state index is 12.6. The van der Waals surface area contributed by atoms with Gasteiger partial charge in [0.1, 0.15) is 5.75 Å². The Kier molecular flexibility index (Phi) is 3.55. The smallest absolute Gasteiger partial charge is 0.203 e. The van der Waals surface area contributed by atoms with Gasteiger partial charge in [0.15, 0.2) is 0 Å². The van der Waals surface area contributed by atoms with Crippen molar-refractivity contribution in [3.05, 3.63) is 65.1 Å². The van der Waals surface area contributed by atoms with Gasteiger partial charge in [-0.15, -0.1) is 0 Å². The molecule has 0 radical (unpaired) electrons. The van der Waals surface area contributed by atoms with E-state index in [2.05, 4.69) is 0 Å². The summed E-state index contributed by atoms with van der Waals surface area (Å²) in [6, 6.07) is 16.1. The van der Waals surface area contributed by atoms with Gasteiger partial charge in [0.2, 0.25) is 9.84 Å². The molecule has 1 aliphatic carbocycles. The minimum absolute atomic E-state index is 0.366. The number of allylic oxidation sites excluding steroid dienone is 2. The lowest BCUT2D eigenvalue weighted by molar-refractivity contribution is 0.415. The molecule has 0 N–H and O–H groups in total. The number of sulfone groups is 1. The van der Waals surface area contributed by atoms with Crippen LogP contribution in [0.5, 0.6) is 5.75 Å². The van der Waals surface area contributed by atoms with Crippen LogP contribution in [0.15, 0.2) is 64.4 Å². The number of methoxy groups -OCH3 is 1. The molecule has 0 bridgehead atoms. The highest BCUT2D eigenvalue weighted by Crippen LogP contribution is 2.41. The first-order chi connectivity index (χ1) is 10.1. The van der Waals surface area contributed by atoms with E-state index in [1.54, 1.807) is 31.4 Å². The summed E-state index contributed by atoms with van der Waals surface area (Å²) >= 11 is 0. The van der Waals surface area contributed by atoms with Crippen LogP contribution in [0.3, 0.4) is 0 Å². The molecule has 0 atom stereocenters. The summed E-state index contributed by atoms with van der Waals surface area (Å²) in [5, 5.41) is 0. The van der Waals surface area contributed by atoms with Crippen LogP contribution in [0.4, 0.5) is 0 Å². The largest absolute Gasteiger partial charge is 0.497 e. The Labute approximate surface area is 124 Å². The maximum Gasteiger partial charge on any atom is 0.203 e. The number of ether oxygens (including phenoxy) is 1. The van der Waals surface area contributed by atoms with Gasteiger partial charge in [-0.2, -0.15) is 0 Å². The van der Waals surface area contributed by atoms with Gasteiger partial charge >= 0.3 is 0 Å². The highest BCUT2D eigenvalue weighted by atomic mass is 32.2. The molecule has 0 aromatic heterocycles. The van der Waals surface area contributed by atoms with E-state index < -0.39 is 9.84 Å². The third-order valence-corrected chi connectivity index (χ3v) is 5.75. The van der Waals surface area contributed by atoms with Crippen molar-refractivity contribution in [2.75, 3.05) is 7.11 Å². The van der Waals surface area contributed by atoms with E-state index in [0.29, 0.717) is 16.2 Å². The first-order valence-electron chi connectivity index (χ1n) is 6.79. The molecule has 108 valence electrons. The molecule has 2 aromatic carbocycles. The van der Waals surface area contributed by atoms with E-state index in [9.17, 15) is 8.42 Å². The third kappa shape index (κ3) is 2.47. The quantitative estimate of drug-likeness (QED) is 0.865. The summed E-state index contributed by atoms with van der Waals surface area (Å²) in [6.07, 6.45) is 1.41. The highest BCUT2D eigenvalue weighted by molar-refractivity contribution is 7.95. The molecule has 1 aliphatic rings. The number of hydrogen-bond donors (Lipinski definition) is 0. The molecule has 0 heterocycles. The SMILES string of the molecule is COc1ccc(C2=C(S(=O)(=O)c3ccccc3)CC2)cc1. The van der Waals surface area contributed by atoms with Crippen LogP contribution in [0.25, 0.3) is 5.57 Å². The molecule has 0 saturated carbocycles. The van der Waals surface area contributed by atoms with Crippen molar-refractivity contribution in [2.24, 2.45) is 0 Å². The minimum atomic E-state index is -3.37. The number of hydrogen-bond acceptors (Lipinski definition) is 3. The van der Waals surface area contributed by atoms with Crippen molar-refractivity contribution in [3.8, 4) is 5.75 Å². The van der Waals surface area contributed by atoms with Crippen LogP contribution in [0, 0.1) is 0 Å². The van der Waals surface area contributed by atoms with Gasteiger partial charge in [-0.05, 0) is 48.2 Å². The van der Waals surface area contributed by atoms with Gasteiger partial charge in [-0.1, -0.05) is 30.3 Å². The van der Waals surface area contributed by atoms with E-state index in [4.69, 9.17) is 4.74 Å². The monoisotopic (exact) mass is 300 g/mol. The van der Waals surface area contributed by atoms with Crippen LogP contribution in [-0.2, 0) is 9.84 Å². The molecule has 0 amide bonds. The summed E-state index contributed by atoms with van der Waals surface area (Å²) in [5.74, 6) is 0.770. The molecule has 0 fully saturated rings. The molecule has 0 saturated heterocycles. The average Bonchev–Trinajstić information content (AvgIpc) is 2.47. The van der Waals surface area contributed by atoms with Crippen molar-refractivity contribution in [1.82, 2.24) is 0 Å². The molecule has 0 unspecified atom stereocenters. The van der Waals surface area contributed by atoms with Gasteiger partial charge in [0.05, 0.1) is 16.9 Å². The highest BCUT2D eigenvalue weighted by Gasteiger charge is 2.30. The molecule has 0 aliphatic heterocycles. The molecule has 2 aromatic rings. The Bertz CT molecular complexity index is 773.